The van der Waals surface area contributed by atoms with Crippen molar-refractivity contribution in [1.82, 2.24) is 24.5 Å². The summed E-state index contributed by atoms with van der Waals surface area (Å²) in [7, 11) is 1.90. The molecule has 0 atom stereocenters. The van der Waals surface area contributed by atoms with Gasteiger partial charge >= 0.3 is 0 Å². The molecule has 3 rings (SSSR count). The molecule has 3 heterocycles. The van der Waals surface area contributed by atoms with Crippen molar-refractivity contribution in [2.45, 2.75) is 0 Å². The molecular formula is C11H10N6. The van der Waals surface area contributed by atoms with Crippen molar-refractivity contribution in [2.24, 2.45) is 7.05 Å². The van der Waals surface area contributed by atoms with Gasteiger partial charge in [-0.2, -0.15) is 0 Å². The molecule has 84 valence electrons. The summed E-state index contributed by atoms with van der Waals surface area (Å²) >= 11 is 0. The number of aryl methyl sites for hydroxylation is 1. The number of aromatic nitrogens is 5. The van der Waals surface area contributed by atoms with Crippen LogP contribution >= 0.6 is 0 Å². The Bertz CT molecular complexity index is 673. The second-order valence-electron chi connectivity index (χ2n) is 3.68. The zero-order chi connectivity index (χ0) is 11.8. The Morgan fingerprint density at radius 3 is 2.65 bits per heavy atom. The Kier molecular flexibility index (Phi) is 2.01. The number of rotatable bonds is 1. The maximum absolute atomic E-state index is 5.89. The third kappa shape index (κ3) is 1.42. The van der Waals surface area contributed by atoms with Crippen LogP contribution in [0.25, 0.3) is 22.4 Å². The van der Waals surface area contributed by atoms with Gasteiger partial charge in [0.2, 0.25) is 0 Å². The Hall–Kier alpha value is -2.50. The second-order valence-corrected chi connectivity index (χ2v) is 3.68. The first kappa shape index (κ1) is 9.71. The van der Waals surface area contributed by atoms with Crippen LogP contribution in [-0.4, -0.2) is 24.5 Å². The van der Waals surface area contributed by atoms with Crippen LogP contribution in [0.5, 0.6) is 0 Å². The van der Waals surface area contributed by atoms with Gasteiger partial charge in [0.1, 0.15) is 17.8 Å². The minimum Gasteiger partial charge on any atom is -0.383 e. The molecule has 0 unspecified atom stereocenters. The van der Waals surface area contributed by atoms with E-state index in [-0.39, 0.29) is 0 Å². The summed E-state index contributed by atoms with van der Waals surface area (Å²) in [6.45, 7) is 0. The van der Waals surface area contributed by atoms with Crippen molar-refractivity contribution in [1.29, 1.82) is 0 Å². The number of anilines is 1. The molecule has 0 fully saturated rings. The van der Waals surface area contributed by atoms with E-state index in [4.69, 9.17) is 5.73 Å². The normalized spacial score (nSPS) is 10.9. The van der Waals surface area contributed by atoms with Crippen LogP contribution in [0.15, 0.2) is 31.0 Å². The number of fused-ring (bicyclic) bond motifs is 1. The summed E-state index contributed by atoms with van der Waals surface area (Å²) in [6, 6.07) is 1.77. The fourth-order valence-electron chi connectivity index (χ4n) is 1.84. The maximum atomic E-state index is 5.89. The van der Waals surface area contributed by atoms with Gasteiger partial charge in [-0.3, -0.25) is 0 Å². The highest BCUT2D eigenvalue weighted by molar-refractivity contribution is 5.99. The third-order valence-electron chi connectivity index (χ3n) is 2.59. The minimum absolute atomic E-state index is 0.443. The van der Waals surface area contributed by atoms with Gasteiger partial charge in [-0.15, -0.1) is 0 Å². The lowest BCUT2D eigenvalue weighted by molar-refractivity contribution is 0.943. The van der Waals surface area contributed by atoms with Gasteiger partial charge in [-0.25, -0.2) is 19.9 Å². The SMILES string of the molecule is Cn1cc(-c2ncccn2)c2c(N)ncnc21. The van der Waals surface area contributed by atoms with E-state index in [0.717, 1.165) is 16.6 Å². The molecule has 0 bridgehead atoms. The van der Waals surface area contributed by atoms with E-state index >= 15 is 0 Å². The average molecular weight is 226 g/mol. The van der Waals surface area contributed by atoms with Crippen molar-refractivity contribution in [3.8, 4) is 11.4 Å². The van der Waals surface area contributed by atoms with E-state index in [1.807, 2.05) is 17.8 Å². The zero-order valence-corrected chi connectivity index (χ0v) is 9.20. The summed E-state index contributed by atoms with van der Waals surface area (Å²) in [5.74, 6) is 1.07. The number of nitrogens with zero attached hydrogens (tertiary/aromatic N) is 5. The highest BCUT2D eigenvalue weighted by atomic mass is 15.0. The molecule has 3 aromatic rings. The maximum Gasteiger partial charge on any atom is 0.161 e. The fourth-order valence-corrected chi connectivity index (χ4v) is 1.84. The molecule has 6 nitrogen and oxygen atoms in total. The highest BCUT2D eigenvalue weighted by Gasteiger charge is 2.14. The van der Waals surface area contributed by atoms with Crippen LogP contribution in [0, 0.1) is 0 Å². The van der Waals surface area contributed by atoms with Gasteiger partial charge in [0, 0.05) is 25.6 Å². The molecule has 2 N–H and O–H groups in total. The third-order valence-corrected chi connectivity index (χ3v) is 2.59. The number of hydrogen-bond donors (Lipinski definition) is 1. The molecule has 3 aromatic heterocycles. The van der Waals surface area contributed by atoms with E-state index in [1.165, 1.54) is 6.33 Å². The monoisotopic (exact) mass is 226 g/mol. The molecule has 17 heavy (non-hydrogen) atoms. The number of hydrogen-bond acceptors (Lipinski definition) is 5. The van der Waals surface area contributed by atoms with Crippen LogP contribution in [-0.2, 0) is 7.05 Å². The summed E-state index contributed by atoms with van der Waals surface area (Å²) in [6.07, 6.45) is 6.75. The first-order valence-electron chi connectivity index (χ1n) is 5.10. The predicted octanol–water partition coefficient (Wildman–Crippen LogP) is 1.01. The quantitative estimate of drug-likeness (QED) is 0.669. The van der Waals surface area contributed by atoms with Crippen molar-refractivity contribution in [2.75, 3.05) is 5.73 Å². The molecule has 0 aliphatic rings. The molecule has 6 heteroatoms. The first-order valence-corrected chi connectivity index (χ1v) is 5.10. The van der Waals surface area contributed by atoms with Crippen molar-refractivity contribution in [3.63, 3.8) is 0 Å². The van der Waals surface area contributed by atoms with Gasteiger partial charge in [-0.05, 0) is 6.07 Å². The zero-order valence-electron chi connectivity index (χ0n) is 9.20. The Morgan fingerprint density at radius 1 is 1.12 bits per heavy atom. The topological polar surface area (TPSA) is 82.5 Å². The van der Waals surface area contributed by atoms with Gasteiger partial charge in [0.05, 0.1) is 10.9 Å². The lowest BCUT2D eigenvalue weighted by atomic mass is 10.2. The van der Waals surface area contributed by atoms with Crippen LogP contribution < -0.4 is 5.73 Å². The summed E-state index contributed by atoms with van der Waals surface area (Å²) in [4.78, 5) is 16.6. The largest absolute Gasteiger partial charge is 0.383 e. The summed E-state index contributed by atoms with van der Waals surface area (Å²) in [5.41, 5.74) is 7.51. The molecule has 0 saturated carbocycles. The fraction of sp³-hybridized carbons (Fsp3) is 0.0909. The Morgan fingerprint density at radius 2 is 1.88 bits per heavy atom. The lowest BCUT2D eigenvalue weighted by Crippen LogP contribution is -1.95. The van der Waals surface area contributed by atoms with Crippen molar-refractivity contribution in [3.05, 3.63) is 31.0 Å². The number of nitrogen functional groups attached to an aromatic ring is 1. The molecule has 0 saturated heterocycles. The van der Waals surface area contributed by atoms with Crippen LogP contribution in [0.4, 0.5) is 5.82 Å². The van der Waals surface area contributed by atoms with E-state index in [0.29, 0.717) is 11.6 Å². The molecule has 0 aromatic carbocycles. The molecule has 0 aliphatic heterocycles. The standard InChI is InChI=1S/C11H10N6/c1-17-5-7(10-13-3-2-4-14-10)8-9(12)15-6-16-11(8)17/h2-6H,1H3,(H2,12,15,16). The van der Waals surface area contributed by atoms with Crippen LogP contribution in [0.1, 0.15) is 0 Å². The summed E-state index contributed by atoms with van der Waals surface area (Å²) < 4.78 is 1.89. The lowest BCUT2D eigenvalue weighted by Gasteiger charge is -1.98. The number of nitrogens with two attached hydrogens (primary N) is 1. The van der Waals surface area contributed by atoms with Crippen LogP contribution in [0.2, 0.25) is 0 Å². The second kappa shape index (κ2) is 3.51. The van der Waals surface area contributed by atoms with Gasteiger partial charge < -0.3 is 10.3 Å². The minimum atomic E-state index is 0.443. The molecule has 0 aliphatic carbocycles. The Labute approximate surface area is 97.2 Å². The average Bonchev–Trinajstić information content (AvgIpc) is 2.70. The Balaban J connectivity index is 2.38. The van der Waals surface area contributed by atoms with Gasteiger partial charge in [0.25, 0.3) is 0 Å². The molecular weight excluding hydrogens is 216 g/mol. The first-order chi connectivity index (χ1) is 8.27. The van der Waals surface area contributed by atoms with E-state index < -0.39 is 0 Å². The predicted molar refractivity (Wildman–Crippen MR) is 63.9 cm³/mol. The van der Waals surface area contributed by atoms with E-state index in [9.17, 15) is 0 Å². The van der Waals surface area contributed by atoms with Gasteiger partial charge in [0.15, 0.2) is 5.82 Å². The molecule has 0 spiro atoms. The molecule has 0 radical (unpaired) electrons. The van der Waals surface area contributed by atoms with Crippen LogP contribution in [0.3, 0.4) is 0 Å². The van der Waals surface area contributed by atoms with Crippen molar-refractivity contribution < 1.29 is 0 Å². The van der Waals surface area contributed by atoms with E-state index in [1.54, 1.807) is 18.5 Å². The summed E-state index contributed by atoms with van der Waals surface area (Å²) in [5, 5.41) is 0.793. The van der Waals surface area contributed by atoms with Gasteiger partial charge in [-0.1, -0.05) is 0 Å². The molecule has 0 amide bonds. The smallest absolute Gasteiger partial charge is 0.161 e. The highest BCUT2D eigenvalue weighted by Crippen LogP contribution is 2.29. The van der Waals surface area contributed by atoms with Crippen molar-refractivity contribution >= 4 is 16.9 Å². The van der Waals surface area contributed by atoms with E-state index in [2.05, 4.69) is 19.9 Å².